The summed E-state index contributed by atoms with van der Waals surface area (Å²) in [5.74, 6) is 1.26. The highest BCUT2D eigenvalue weighted by Gasteiger charge is 2.40. The zero-order valence-corrected chi connectivity index (χ0v) is 9.33. The lowest BCUT2D eigenvalue weighted by molar-refractivity contribution is 0.452. The number of hydrogen-bond donors (Lipinski definition) is 1. The van der Waals surface area contributed by atoms with E-state index in [1.54, 1.807) is 12.1 Å². The lowest BCUT2D eigenvalue weighted by Crippen LogP contribution is -2.24. The Bertz CT molecular complexity index is 337. The Labute approximate surface area is 90.7 Å². The summed E-state index contributed by atoms with van der Waals surface area (Å²) in [6, 6.07) is 7.31. The van der Waals surface area contributed by atoms with Gasteiger partial charge in [0, 0.05) is 11.6 Å². The molecule has 0 bridgehead atoms. The van der Waals surface area contributed by atoms with Gasteiger partial charge in [0.05, 0.1) is 0 Å². The molecule has 0 amide bonds. The van der Waals surface area contributed by atoms with E-state index in [-0.39, 0.29) is 11.9 Å². The van der Waals surface area contributed by atoms with Crippen LogP contribution < -0.4 is 5.32 Å². The largest absolute Gasteiger partial charge is 0.310 e. The molecule has 0 heterocycles. The molecule has 3 unspecified atom stereocenters. The minimum Gasteiger partial charge on any atom is -0.310 e. The molecule has 0 spiro atoms. The van der Waals surface area contributed by atoms with E-state index in [2.05, 4.69) is 19.2 Å². The Morgan fingerprint density at radius 1 is 1.47 bits per heavy atom. The predicted octanol–water partition coefficient (Wildman–Crippen LogP) is 3.13. The first kappa shape index (κ1) is 10.6. The van der Waals surface area contributed by atoms with Crippen LogP contribution in [0.1, 0.15) is 31.9 Å². The van der Waals surface area contributed by atoms with Crippen LogP contribution in [0.15, 0.2) is 24.3 Å². The first-order chi connectivity index (χ1) is 7.24. The molecule has 15 heavy (non-hydrogen) atoms. The fraction of sp³-hybridized carbons (Fsp3) is 0.538. The number of nitrogens with one attached hydrogen (secondary N) is 1. The zero-order chi connectivity index (χ0) is 10.8. The summed E-state index contributed by atoms with van der Waals surface area (Å²) in [7, 11) is 0. The number of benzene rings is 1. The summed E-state index contributed by atoms with van der Waals surface area (Å²) in [5, 5.41) is 3.39. The summed E-state index contributed by atoms with van der Waals surface area (Å²) in [4.78, 5) is 0. The third kappa shape index (κ3) is 2.20. The standard InChI is InChI=1S/C13H18FN/c1-3-15-13(11-8-9(11)2)10-6-4-5-7-12(10)14/h4-7,9,11,13,15H,3,8H2,1-2H3. The van der Waals surface area contributed by atoms with Crippen molar-refractivity contribution in [3.8, 4) is 0 Å². The van der Waals surface area contributed by atoms with E-state index in [0.717, 1.165) is 18.0 Å². The number of halogens is 1. The quantitative estimate of drug-likeness (QED) is 0.799. The van der Waals surface area contributed by atoms with Gasteiger partial charge in [0.2, 0.25) is 0 Å². The van der Waals surface area contributed by atoms with Crippen LogP contribution in [0.4, 0.5) is 4.39 Å². The highest BCUT2D eigenvalue weighted by molar-refractivity contribution is 5.23. The van der Waals surface area contributed by atoms with Gasteiger partial charge in [-0.05, 0) is 30.9 Å². The molecule has 2 heteroatoms. The van der Waals surface area contributed by atoms with Crippen LogP contribution in [0, 0.1) is 17.7 Å². The van der Waals surface area contributed by atoms with E-state index in [9.17, 15) is 4.39 Å². The first-order valence-electron chi connectivity index (χ1n) is 5.71. The van der Waals surface area contributed by atoms with Gasteiger partial charge in [-0.25, -0.2) is 4.39 Å². The molecule has 0 saturated heterocycles. The van der Waals surface area contributed by atoms with Crippen molar-refractivity contribution in [2.45, 2.75) is 26.3 Å². The van der Waals surface area contributed by atoms with Gasteiger partial charge in [-0.3, -0.25) is 0 Å². The second kappa shape index (κ2) is 4.31. The second-order valence-electron chi connectivity index (χ2n) is 4.43. The minimum atomic E-state index is -0.0810. The highest BCUT2D eigenvalue weighted by Crippen LogP contribution is 2.47. The molecule has 82 valence electrons. The molecule has 1 aliphatic carbocycles. The van der Waals surface area contributed by atoms with Crippen LogP contribution in [0.25, 0.3) is 0 Å². The van der Waals surface area contributed by atoms with Crippen molar-refractivity contribution in [1.29, 1.82) is 0 Å². The minimum absolute atomic E-state index is 0.0810. The molecule has 0 aromatic heterocycles. The summed E-state index contributed by atoms with van der Waals surface area (Å²) in [6.45, 7) is 5.19. The molecule has 1 aromatic carbocycles. The van der Waals surface area contributed by atoms with Gasteiger partial charge in [0.15, 0.2) is 0 Å². The molecule has 0 radical (unpaired) electrons. The van der Waals surface area contributed by atoms with Crippen molar-refractivity contribution in [2.75, 3.05) is 6.54 Å². The number of rotatable bonds is 4. The predicted molar refractivity (Wildman–Crippen MR) is 60.1 cm³/mol. The molecule has 2 rings (SSSR count). The van der Waals surface area contributed by atoms with Crippen LogP contribution in [-0.4, -0.2) is 6.54 Å². The van der Waals surface area contributed by atoms with E-state index < -0.39 is 0 Å². The van der Waals surface area contributed by atoms with Crippen LogP contribution in [0.3, 0.4) is 0 Å². The van der Waals surface area contributed by atoms with Crippen molar-refractivity contribution in [1.82, 2.24) is 5.32 Å². The molecular weight excluding hydrogens is 189 g/mol. The van der Waals surface area contributed by atoms with Crippen LogP contribution in [0.2, 0.25) is 0 Å². The van der Waals surface area contributed by atoms with Crippen LogP contribution in [0.5, 0.6) is 0 Å². The van der Waals surface area contributed by atoms with E-state index in [0.29, 0.717) is 5.92 Å². The third-order valence-electron chi connectivity index (χ3n) is 3.26. The zero-order valence-electron chi connectivity index (χ0n) is 9.33. The van der Waals surface area contributed by atoms with Gasteiger partial charge < -0.3 is 5.32 Å². The SMILES string of the molecule is CCNC(c1ccccc1F)C1CC1C. The summed E-state index contributed by atoms with van der Waals surface area (Å²) in [6.07, 6.45) is 1.21. The van der Waals surface area contributed by atoms with Gasteiger partial charge >= 0.3 is 0 Å². The van der Waals surface area contributed by atoms with Crippen LogP contribution >= 0.6 is 0 Å². The second-order valence-corrected chi connectivity index (χ2v) is 4.43. The average Bonchev–Trinajstić information content (AvgIpc) is 2.93. The highest BCUT2D eigenvalue weighted by atomic mass is 19.1. The molecule has 1 saturated carbocycles. The van der Waals surface area contributed by atoms with E-state index in [4.69, 9.17) is 0 Å². The maximum absolute atomic E-state index is 13.6. The molecule has 1 fully saturated rings. The summed E-state index contributed by atoms with van der Waals surface area (Å²) >= 11 is 0. The lowest BCUT2D eigenvalue weighted by atomic mass is 10.0. The monoisotopic (exact) mass is 207 g/mol. The van der Waals surface area contributed by atoms with Crippen molar-refractivity contribution >= 4 is 0 Å². The molecular formula is C13H18FN. The number of hydrogen-bond acceptors (Lipinski definition) is 1. The Balaban J connectivity index is 2.21. The fourth-order valence-corrected chi connectivity index (χ4v) is 2.25. The third-order valence-corrected chi connectivity index (χ3v) is 3.26. The van der Waals surface area contributed by atoms with E-state index in [1.165, 1.54) is 6.42 Å². The van der Waals surface area contributed by atoms with Crippen molar-refractivity contribution in [3.05, 3.63) is 35.6 Å². The summed E-state index contributed by atoms with van der Waals surface area (Å²) in [5.41, 5.74) is 0.828. The van der Waals surface area contributed by atoms with E-state index in [1.807, 2.05) is 12.1 Å². The van der Waals surface area contributed by atoms with Crippen LogP contribution in [-0.2, 0) is 0 Å². The lowest BCUT2D eigenvalue weighted by Gasteiger charge is -2.18. The van der Waals surface area contributed by atoms with Gasteiger partial charge in [-0.15, -0.1) is 0 Å². The Kier molecular flexibility index (Phi) is 3.06. The molecule has 1 aromatic rings. The van der Waals surface area contributed by atoms with Crippen molar-refractivity contribution < 1.29 is 4.39 Å². The molecule has 1 nitrogen and oxygen atoms in total. The Hall–Kier alpha value is -0.890. The van der Waals surface area contributed by atoms with Gasteiger partial charge in [-0.1, -0.05) is 32.0 Å². The van der Waals surface area contributed by atoms with Gasteiger partial charge in [0.1, 0.15) is 5.82 Å². The Morgan fingerprint density at radius 3 is 2.67 bits per heavy atom. The normalized spacial score (nSPS) is 26.3. The summed E-state index contributed by atoms with van der Waals surface area (Å²) < 4.78 is 13.6. The first-order valence-corrected chi connectivity index (χ1v) is 5.71. The maximum Gasteiger partial charge on any atom is 0.127 e. The van der Waals surface area contributed by atoms with Crippen molar-refractivity contribution in [3.63, 3.8) is 0 Å². The van der Waals surface area contributed by atoms with Gasteiger partial charge in [0.25, 0.3) is 0 Å². The van der Waals surface area contributed by atoms with E-state index >= 15 is 0 Å². The molecule has 3 atom stereocenters. The Morgan fingerprint density at radius 2 is 2.13 bits per heavy atom. The maximum atomic E-state index is 13.6. The van der Waals surface area contributed by atoms with Gasteiger partial charge in [-0.2, -0.15) is 0 Å². The topological polar surface area (TPSA) is 12.0 Å². The molecule has 0 aliphatic heterocycles. The molecule has 1 N–H and O–H groups in total. The van der Waals surface area contributed by atoms with Crippen molar-refractivity contribution in [2.24, 2.45) is 11.8 Å². The fourth-order valence-electron chi connectivity index (χ4n) is 2.25. The molecule has 1 aliphatic rings. The average molecular weight is 207 g/mol. The smallest absolute Gasteiger partial charge is 0.127 e.